The van der Waals surface area contributed by atoms with Gasteiger partial charge in [-0.3, -0.25) is 9.59 Å². The van der Waals surface area contributed by atoms with E-state index in [1.165, 1.54) is 6.07 Å². The Hall–Kier alpha value is -2.48. The second-order valence-electron chi connectivity index (χ2n) is 5.72. The van der Waals surface area contributed by atoms with Crippen molar-refractivity contribution in [3.8, 4) is 11.5 Å². The third-order valence-electron chi connectivity index (χ3n) is 3.92. The number of furan rings is 1. The molecule has 0 aliphatic carbocycles. The fraction of sp³-hybridized carbons (Fsp3) is 0.333. The molecule has 1 aliphatic rings. The van der Waals surface area contributed by atoms with Crippen LogP contribution in [0.1, 0.15) is 17.5 Å². The van der Waals surface area contributed by atoms with Crippen molar-refractivity contribution >= 4 is 27.7 Å². The summed E-state index contributed by atoms with van der Waals surface area (Å²) in [5.74, 6) is 0.882. The average molecular weight is 423 g/mol. The van der Waals surface area contributed by atoms with E-state index in [1.54, 1.807) is 11.0 Å². The second kappa shape index (κ2) is 8.27. The van der Waals surface area contributed by atoms with E-state index in [9.17, 15) is 9.59 Å². The van der Waals surface area contributed by atoms with E-state index in [0.29, 0.717) is 35.9 Å². The first-order valence-corrected chi connectivity index (χ1v) is 9.06. The highest BCUT2D eigenvalue weighted by Gasteiger charge is 2.25. The molecule has 1 N–H and O–H groups in total. The van der Waals surface area contributed by atoms with Crippen LogP contribution in [0, 0.1) is 0 Å². The van der Waals surface area contributed by atoms with Crippen LogP contribution in [0.4, 0.5) is 0 Å². The molecule has 0 spiro atoms. The third-order valence-corrected chi connectivity index (χ3v) is 4.35. The number of amides is 2. The number of rotatable bonds is 6. The number of benzene rings is 1. The highest BCUT2D eigenvalue weighted by Crippen LogP contribution is 2.31. The van der Waals surface area contributed by atoms with E-state index >= 15 is 0 Å². The van der Waals surface area contributed by atoms with Crippen LogP contribution < -0.4 is 14.8 Å². The van der Waals surface area contributed by atoms with Crippen molar-refractivity contribution in [2.45, 2.75) is 13.0 Å². The lowest BCUT2D eigenvalue weighted by Crippen LogP contribution is -2.46. The molecule has 138 valence electrons. The molecule has 8 heteroatoms. The van der Waals surface area contributed by atoms with Gasteiger partial charge in [-0.05, 0) is 47.1 Å². The normalized spacial score (nSPS) is 15.4. The van der Waals surface area contributed by atoms with E-state index < -0.39 is 5.91 Å². The Bertz CT molecular complexity index is 791. The van der Waals surface area contributed by atoms with E-state index in [-0.39, 0.29) is 24.3 Å². The summed E-state index contributed by atoms with van der Waals surface area (Å²) in [4.78, 5) is 26.0. The highest BCUT2D eigenvalue weighted by molar-refractivity contribution is 9.10. The Morgan fingerprint density at radius 2 is 2.00 bits per heavy atom. The molecule has 1 unspecified atom stereocenters. The van der Waals surface area contributed by atoms with Crippen molar-refractivity contribution in [2.75, 3.05) is 26.2 Å². The van der Waals surface area contributed by atoms with Crippen LogP contribution in [-0.2, 0) is 4.79 Å². The van der Waals surface area contributed by atoms with Crippen LogP contribution in [0.25, 0.3) is 0 Å². The van der Waals surface area contributed by atoms with Gasteiger partial charge in [-0.1, -0.05) is 12.1 Å². The van der Waals surface area contributed by atoms with Crippen LogP contribution in [-0.4, -0.2) is 49.1 Å². The molecule has 1 aromatic carbocycles. The molecule has 7 nitrogen and oxygen atoms in total. The molecule has 2 amide bonds. The van der Waals surface area contributed by atoms with Gasteiger partial charge >= 0.3 is 0 Å². The van der Waals surface area contributed by atoms with Crippen molar-refractivity contribution in [3.05, 3.63) is 46.8 Å². The lowest BCUT2D eigenvalue weighted by atomic mass is 10.2. The molecule has 2 aromatic rings. The number of ether oxygens (including phenoxy) is 2. The van der Waals surface area contributed by atoms with Crippen molar-refractivity contribution in [3.63, 3.8) is 0 Å². The number of nitrogens with one attached hydrogen (secondary N) is 1. The summed E-state index contributed by atoms with van der Waals surface area (Å²) < 4.78 is 17.2. The zero-order chi connectivity index (χ0) is 18.5. The molecule has 1 aliphatic heterocycles. The minimum Gasteiger partial charge on any atom is -0.486 e. The van der Waals surface area contributed by atoms with Crippen molar-refractivity contribution in [1.29, 1.82) is 0 Å². The molecule has 2 heterocycles. The SMILES string of the molecule is CCN(CC1COc2ccccc2O1)C(=O)CNC(=O)c1ccc(Br)o1. The molecule has 0 fully saturated rings. The Morgan fingerprint density at radius 3 is 2.69 bits per heavy atom. The summed E-state index contributed by atoms with van der Waals surface area (Å²) in [6, 6.07) is 10.6. The van der Waals surface area contributed by atoms with Gasteiger partial charge < -0.3 is 24.1 Å². The number of carbonyl (C=O) groups excluding carboxylic acids is 2. The predicted molar refractivity (Wildman–Crippen MR) is 97.3 cm³/mol. The fourth-order valence-corrected chi connectivity index (χ4v) is 2.90. The smallest absolute Gasteiger partial charge is 0.287 e. The number of hydrogen-bond donors (Lipinski definition) is 1. The molecular formula is C18H19BrN2O5. The van der Waals surface area contributed by atoms with E-state index in [2.05, 4.69) is 21.2 Å². The lowest BCUT2D eigenvalue weighted by Gasteiger charge is -2.31. The Morgan fingerprint density at radius 1 is 1.23 bits per heavy atom. The monoisotopic (exact) mass is 422 g/mol. The summed E-state index contributed by atoms with van der Waals surface area (Å²) in [6.07, 6.45) is -0.259. The first kappa shape index (κ1) is 18.3. The van der Waals surface area contributed by atoms with Crippen LogP contribution in [0.15, 0.2) is 45.5 Å². The zero-order valence-electron chi connectivity index (χ0n) is 14.2. The number of halogens is 1. The quantitative estimate of drug-likeness (QED) is 0.772. The molecule has 0 bridgehead atoms. The van der Waals surface area contributed by atoms with Crippen LogP contribution in [0.5, 0.6) is 11.5 Å². The Balaban J connectivity index is 1.52. The van der Waals surface area contributed by atoms with E-state index in [4.69, 9.17) is 13.9 Å². The molecule has 26 heavy (non-hydrogen) atoms. The molecule has 1 atom stereocenters. The summed E-state index contributed by atoms with van der Waals surface area (Å²) in [5, 5.41) is 2.56. The maximum atomic E-state index is 12.4. The third kappa shape index (κ3) is 4.37. The molecule has 0 radical (unpaired) electrons. The maximum absolute atomic E-state index is 12.4. The van der Waals surface area contributed by atoms with Gasteiger partial charge in [-0.15, -0.1) is 0 Å². The van der Waals surface area contributed by atoms with Crippen LogP contribution in [0.3, 0.4) is 0 Å². The highest BCUT2D eigenvalue weighted by atomic mass is 79.9. The van der Waals surface area contributed by atoms with Gasteiger partial charge in [0.15, 0.2) is 28.0 Å². The largest absolute Gasteiger partial charge is 0.486 e. The summed E-state index contributed by atoms with van der Waals surface area (Å²) >= 11 is 3.13. The number of hydrogen-bond acceptors (Lipinski definition) is 5. The van der Waals surface area contributed by atoms with Gasteiger partial charge in [-0.2, -0.15) is 0 Å². The van der Waals surface area contributed by atoms with Crippen LogP contribution in [0.2, 0.25) is 0 Å². The van der Waals surface area contributed by atoms with Gasteiger partial charge in [0.05, 0.1) is 13.1 Å². The number of para-hydroxylation sites is 2. The molecular weight excluding hydrogens is 404 g/mol. The van der Waals surface area contributed by atoms with E-state index in [0.717, 1.165) is 0 Å². The minimum atomic E-state index is -0.439. The number of fused-ring (bicyclic) bond motifs is 1. The Labute approximate surface area is 159 Å². The van der Waals surface area contributed by atoms with Gasteiger partial charge in [0.25, 0.3) is 5.91 Å². The number of likely N-dealkylation sites (N-methyl/N-ethyl adjacent to an activating group) is 1. The zero-order valence-corrected chi connectivity index (χ0v) is 15.8. The summed E-state index contributed by atoms with van der Waals surface area (Å²) in [6.45, 7) is 3.01. The molecule has 0 saturated heterocycles. The number of carbonyl (C=O) groups is 2. The second-order valence-corrected chi connectivity index (χ2v) is 6.50. The van der Waals surface area contributed by atoms with E-state index in [1.807, 2.05) is 31.2 Å². The standard InChI is InChI=1S/C18H19BrN2O5/c1-2-21(10-12-11-24-13-5-3-4-6-14(13)25-12)17(22)9-20-18(23)15-7-8-16(19)26-15/h3-8,12H,2,9-11H2,1H3,(H,20,23). The first-order valence-electron chi connectivity index (χ1n) is 8.26. The molecule has 0 saturated carbocycles. The number of nitrogens with zero attached hydrogens (tertiary/aromatic N) is 1. The predicted octanol–water partition coefficient (Wildman–Crippen LogP) is 2.46. The van der Waals surface area contributed by atoms with Crippen molar-refractivity contribution in [1.82, 2.24) is 10.2 Å². The minimum absolute atomic E-state index is 0.116. The van der Waals surface area contributed by atoms with Crippen molar-refractivity contribution in [2.24, 2.45) is 0 Å². The van der Waals surface area contributed by atoms with Gasteiger partial charge in [0.1, 0.15) is 6.61 Å². The maximum Gasteiger partial charge on any atom is 0.287 e. The molecule has 1 aromatic heterocycles. The summed E-state index contributed by atoms with van der Waals surface area (Å²) in [7, 11) is 0. The van der Waals surface area contributed by atoms with Gasteiger partial charge in [-0.25, -0.2) is 0 Å². The first-order chi connectivity index (χ1) is 12.6. The van der Waals surface area contributed by atoms with Crippen LogP contribution >= 0.6 is 15.9 Å². The van der Waals surface area contributed by atoms with Crippen molar-refractivity contribution < 1.29 is 23.5 Å². The van der Waals surface area contributed by atoms with Gasteiger partial charge in [0.2, 0.25) is 5.91 Å². The molecule has 3 rings (SSSR count). The Kier molecular flexibility index (Phi) is 5.82. The summed E-state index contributed by atoms with van der Waals surface area (Å²) in [5.41, 5.74) is 0. The topological polar surface area (TPSA) is 81.0 Å². The fourth-order valence-electron chi connectivity index (χ4n) is 2.60. The lowest BCUT2D eigenvalue weighted by molar-refractivity contribution is -0.131. The van der Waals surface area contributed by atoms with Gasteiger partial charge in [0, 0.05) is 6.54 Å². The average Bonchev–Trinajstić information content (AvgIpc) is 3.10.